The Morgan fingerprint density at radius 1 is 1.47 bits per heavy atom. The molecule has 7 heteroatoms. The fourth-order valence-electron chi connectivity index (χ4n) is 2.20. The maximum atomic E-state index is 8.71. The van der Waals surface area contributed by atoms with Crippen molar-refractivity contribution < 1.29 is 5.21 Å². The number of rotatable bonds is 3. The van der Waals surface area contributed by atoms with Crippen LogP contribution >= 0.6 is 15.9 Å². The minimum absolute atomic E-state index is 0.0423. The number of nitrogens with two attached hydrogens (primary N) is 1. The van der Waals surface area contributed by atoms with Gasteiger partial charge >= 0.3 is 0 Å². The third-order valence-electron chi connectivity index (χ3n) is 3.44. The molecule has 2 heterocycles. The molecule has 0 amide bonds. The lowest BCUT2D eigenvalue weighted by atomic mass is 10.2. The van der Waals surface area contributed by atoms with E-state index >= 15 is 0 Å². The van der Waals surface area contributed by atoms with Gasteiger partial charge in [-0.1, -0.05) is 5.16 Å². The van der Waals surface area contributed by atoms with Crippen LogP contribution in [-0.4, -0.2) is 53.1 Å². The minimum atomic E-state index is -0.0423. The Kier molecular flexibility index (Phi) is 4.60. The Labute approximate surface area is 121 Å². The van der Waals surface area contributed by atoms with E-state index in [0.29, 0.717) is 0 Å². The van der Waals surface area contributed by atoms with E-state index < -0.39 is 0 Å². The molecule has 0 aromatic carbocycles. The Bertz CT molecular complexity index is 459. The van der Waals surface area contributed by atoms with Gasteiger partial charge in [-0.25, -0.2) is 4.98 Å². The van der Waals surface area contributed by atoms with Crippen molar-refractivity contribution in [1.82, 2.24) is 9.88 Å². The lowest BCUT2D eigenvalue weighted by Gasteiger charge is -2.38. The van der Waals surface area contributed by atoms with Crippen LogP contribution < -0.4 is 10.6 Å². The van der Waals surface area contributed by atoms with Crippen molar-refractivity contribution in [1.29, 1.82) is 0 Å². The van der Waals surface area contributed by atoms with Gasteiger partial charge in [0.1, 0.15) is 5.82 Å². The first-order chi connectivity index (χ1) is 9.13. The van der Waals surface area contributed by atoms with E-state index in [0.717, 1.165) is 36.5 Å². The van der Waals surface area contributed by atoms with Crippen LogP contribution in [0.25, 0.3) is 0 Å². The second kappa shape index (κ2) is 6.21. The number of aromatic nitrogens is 1. The molecule has 1 fully saturated rings. The highest BCUT2D eigenvalue weighted by atomic mass is 79.9. The Balaban J connectivity index is 1.98. The molecule has 1 saturated heterocycles. The molecule has 6 nitrogen and oxygen atoms in total. The molecule has 3 N–H and O–H groups in total. The van der Waals surface area contributed by atoms with Crippen LogP contribution in [0.3, 0.4) is 0 Å². The summed E-state index contributed by atoms with van der Waals surface area (Å²) in [6.07, 6.45) is 1.80. The number of oxime groups is 1. The highest BCUT2D eigenvalue weighted by Gasteiger charge is 2.24. The third-order valence-corrected chi connectivity index (χ3v) is 4.06. The van der Waals surface area contributed by atoms with Gasteiger partial charge in [-0.3, -0.25) is 4.90 Å². The zero-order valence-corrected chi connectivity index (χ0v) is 12.4. The second-order valence-electron chi connectivity index (χ2n) is 4.53. The molecule has 1 aromatic rings. The van der Waals surface area contributed by atoms with Gasteiger partial charge in [-0.05, 0) is 35.0 Å². The molecule has 0 spiro atoms. The quantitative estimate of drug-likeness (QED) is 0.376. The lowest BCUT2D eigenvalue weighted by molar-refractivity contribution is 0.229. The highest BCUT2D eigenvalue weighted by Crippen LogP contribution is 2.24. The molecular weight excluding hydrogens is 310 g/mol. The van der Waals surface area contributed by atoms with Crippen molar-refractivity contribution in [2.75, 3.05) is 31.1 Å². The van der Waals surface area contributed by atoms with Gasteiger partial charge in [-0.2, -0.15) is 0 Å². The zero-order chi connectivity index (χ0) is 13.8. The number of hydrogen-bond donors (Lipinski definition) is 2. The molecule has 0 aliphatic carbocycles. The molecule has 1 aliphatic heterocycles. The molecule has 104 valence electrons. The summed E-state index contributed by atoms with van der Waals surface area (Å²) in [4.78, 5) is 8.83. The summed E-state index contributed by atoms with van der Waals surface area (Å²) in [5.74, 6) is 1.23. The number of nitrogens with zero attached hydrogens (tertiary/aromatic N) is 4. The van der Waals surface area contributed by atoms with E-state index in [2.05, 4.69) is 35.9 Å². The Morgan fingerprint density at radius 2 is 2.16 bits per heavy atom. The van der Waals surface area contributed by atoms with Crippen molar-refractivity contribution >= 4 is 27.6 Å². The summed E-state index contributed by atoms with van der Waals surface area (Å²) in [6, 6.07) is 3.86. The number of piperazine rings is 1. The second-order valence-corrected chi connectivity index (χ2v) is 5.39. The van der Waals surface area contributed by atoms with E-state index in [1.807, 2.05) is 19.1 Å². The molecule has 0 bridgehead atoms. The molecule has 1 aliphatic rings. The predicted molar refractivity (Wildman–Crippen MR) is 78.6 cm³/mol. The average molecular weight is 328 g/mol. The third kappa shape index (κ3) is 3.16. The molecule has 1 atom stereocenters. The first-order valence-corrected chi connectivity index (χ1v) is 6.99. The summed E-state index contributed by atoms with van der Waals surface area (Å²) in [5.41, 5.74) is 5.64. The molecule has 2 rings (SSSR count). The van der Waals surface area contributed by atoms with Gasteiger partial charge in [0.2, 0.25) is 0 Å². The minimum Gasteiger partial charge on any atom is -0.409 e. The molecule has 19 heavy (non-hydrogen) atoms. The number of hydrogen-bond acceptors (Lipinski definition) is 5. The number of halogens is 1. The van der Waals surface area contributed by atoms with Gasteiger partial charge in [-0.15, -0.1) is 0 Å². The predicted octanol–water partition coefficient (Wildman–Crippen LogP) is 1.10. The monoisotopic (exact) mass is 327 g/mol. The van der Waals surface area contributed by atoms with Crippen molar-refractivity contribution in [3.05, 3.63) is 22.8 Å². The fourth-order valence-corrected chi connectivity index (χ4v) is 2.71. The smallest absolute Gasteiger partial charge is 0.156 e. The van der Waals surface area contributed by atoms with Crippen LogP contribution in [0.15, 0.2) is 28.0 Å². The molecule has 0 saturated carbocycles. The topological polar surface area (TPSA) is 78.0 Å². The molecule has 0 radical (unpaired) electrons. The maximum Gasteiger partial charge on any atom is 0.156 e. The largest absolute Gasteiger partial charge is 0.409 e. The highest BCUT2D eigenvalue weighted by molar-refractivity contribution is 9.10. The first kappa shape index (κ1) is 14.1. The van der Waals surface area contributed by atoms with Crippen LogP contribution in [0.4, 0.5) is 5.82 Å². The molecular formula is C12H18BrN5O. The van der Waals surface area contributed by atoms with Crippen LogP contribution in [0, 0.1) is 0 Å². The number of amidine groups is 1. The summed E-state index contributed by atoms with van der Waals surface area (Å²) in [7, 11) is 0. The van der Waals surface area contributed by atoms with Crippen LogP contribution in [0.2, 0.25) is 0 Å². The van der Waals surface area contributed by atoms with Gasteiger partial charge in [0.05, 0.1) is 10.5 Å². The summed E-state index contributed by atoms with van der Waals surface area (Å²) < 4.78 is 1.01. The maximum absolute atomic E-state index is 8.71. The SMILES string of the molecule is CC(C(N)=NO)N1CCN(c2ncccc2Br)CC1. The van der Waals surface area contributed by atoms with E-state index in [1.54, 1.807) is 6.20 Å². The van der Waals surface area contributed by atoms with Crippen LogP contribution in [-0.2, 0) is 0 Å². The van der Waals surface area contributed by atoms with Crippen molar-refractivity contribution in [3.8, 4) is 0 Å². The summed E-state index contributed by atoms with van der Waals surface area (Å²) in [5, 5.41) is 11.8. The Morgan fingerprint density at radius 3 is 2.74 bits per heavy atom. The Hall–Kier alpha value is -1.34. The van der Waals surface area contributed by atoms with E-state index in [1.165, 1.54) is 0 Å². The van der Waals surface area contributed by atoms with E-state index in [-0.39, 0.29) is 11.9 Å². The van der Waals surface area contributed by atoms with Gasteiger partial charge < -0.3 is 15.8 Å². The number of pyridine rings is 1. The molecule has 1 unspecified atom stereocenters. The normalized spacial score (nSPS) is 19.5. The van der Waals surface area contributed by atoms with Crippen LogP contribution in [0.5, 0.6) is 0 Å². The average Bonchev–Trinajstić information content (AvgIpc) is 2.46. The van der Waals surface area contributed by atoms with Crippen molar-refractivity contribution in [3.63, 3.8) is 0 Å². The fraction of sp³-hybridized carbons (Fsp3) is 0.500. The van der Waals surface area contributed by atoms with Crippen molar-refractivity contribution in [2.45, 2.75) is 13.0 Å². The van der Waals surface area contributed by atoms with Gasteiger partial charge in [0.15, 0.2) is 5.84 Å². The molecule has 1 aromatic heterocycles. The first-order valence-electron chi connectivity index (χ1n) is 6.20. The zero-order valence-electron chi connectivity index (χ0n) is 10.8. The van der Waals surface area contributed by atoms with Gasteiger partial charge in [0, 0.05) is 32.4 Å². The standard InChI is InChI=1S/C12H18BrN5O/c1-9(11(14)16-19)17-5-7-18(8-6-17)12-10(13)3-2-4-15-12/h2-4,9,19H,5-8H2,1H3,(H2,14,16). The van der Waals surface area contributed by atoms with Gasteiger partial charge in [0.25, 0.3) is 0 Å². The van der Waals surface area contributed by atoms with E-state index in [9.17, 15) is 0 Å². The number of anilines is 1. The lowest BCUT2D eigenvalue weighted by Crippen LogP contribution is -2.53. The van der Waals surface area contributed by atoms with E-state index in [4.69, 9.17) is 10.9 Å². The van der Waals surface area contributed by atoms with Crippen LogP contribution in [0.1, 0.15) is 6.92 Å². The van der Waals surface area contributed by atoms with Crippen molar-refractivity contribution in [2.24, 2.45) is 10.9 Å². The summed E-state index contributed by atoms with van der Waals surface area (Å²) in [6.45, 7) is 5.42. The summed E-state index contributed by atoms with van der Waals surface area (Å²) >= 11 is 3.52.